The fraction of sp³-hybridized carbons (Fsp3) is 0.286. The number of rotatable bonds is 5. The lowest BCUT2D eigenvalue weighted by Gasteiger charge is -2.17. The molecule has 1 nitrogen and oxygen atoms in total. The Morgan fingerprint density at radius 3 is 2.50 bits per heavy atom. The van der Waals surface area contributed by atoms with Crippen molar-refractivity contribution < 1.29 is 0 Å². The van der Waals surface area contributed by atoms with Crippen molar-refractivity contribution in [3.05, 3.63) is 55.6 Å². The van der Waals surface area contributed by atoms with Crippen molar-refractivity contribution in [2.45, 2.75) is 19.4 Å². The van der Waals surface area contributed by atoms with Crippen LogP contribution in [-0.2, 0) is 0 Å². The first-order valence-electron chi connectivity index (χ1n) is 5.94. The Balaban J connectivity index is 2.27. The second-order valence-corrected chi connectivity index (χ2v) is 7.01. The van der Waals surface area contributed by atoms with Gasteiger partial charge in [0.05, 0.1) is 9.83 Å². The Bertz CT molecular complexity index is 495. The molecular weight excluding hydrogens is 330 g/mol. The first-order valence-corrected chi connectivity index (χ1v) is 7.93. The summed E-state index contributed by atoms with van der Waals surface area (Å²) < 4.78 is 1.16. The van der Waals surface area contributed by atoms with Crippen molar-refractivity contribution in [1.29, 1.82) is 0 Å². The van der Waals surface area contributed by atoms with Gasteiger partial charge in [0.2, 0.25) is 0 Å². The maximum absolute atomic E-state index is 5.95. The number of hydrogen-bond acceptors (Lipinski definition) is 2. The fourth-order valence-electron chi connectivity index (χ4n) is 1.81. The third-order valence-corrected chi connectivity index (χ3v) is 4.62. The van der Waals surface area contributed by atoms with Gasteiger partial charge >= 0.3 is 0 Å². The highest BCUT2D eigenvalue weighted by atomic mass is 79.9. The Labute approximate surface area is 125 Å². The molecule has 0 aliphatic heterocycles. The van der Waals surface area contributed by atoms with Crippen LogP contribution < -0.4 is 5.32 Å². The van der Waals surface area contributed by atoms with E-state index < -0.39 is 0 Å². The number of nitrogens with one attached hydrogen (secondary N) is 1. The largest absolute Gasteiger partial charge is 0.306 e. The summed E-state index contributed by atoms with van der Waals surface area (Å²) in [5, 5.41) is 4.36. The predicted molar refractivity (Wildman–Crippen MR) is 83.6 cm³/mol. The molecule has 1 heterocycles. The molecule has 1 aromatic heterocycles. The molecule has 4 heteroatoms. The van der Waals surface area contributed by atoms with E-state index in [4.69, 9.17) is 11.6 Å². The summed E-state index contributed by atoms with van der Waals surface area (Å²) >= 11 is 11.2. The van der Waals surface area contributed by atoms with E-state index in [1.165, 1.54) is 10.4 Å². The standard InChI is InChI=1S/C14H15BrClNS/c1-2-9-17-14(12-7-8-13(15)18-12)10-3-5-11(16)6-4-10/h3-8,14,17H,2,9H2,1H3. The molecule has 0 saturated carbocycles. The minimum Gasteiger partial charge on any atom is -0.306 e. The van der Waals surface area contributed by atoms with Crippen molar-refractivity contribution in [1.82, 2.24) is 5.32 Å². The number of hydrogen-bond donors (Lipinski definition) is 1. The number of thiophene rings is 1. The van der Waals surface area contributed by atoms with Gasteiger partial charge in [-0.3, -0.25) is 0 Å². The summed E-state index contributed by atoms with van der Waals surface area (Å²) in [6.45, 7) is 3.18. The highest BCUT2D eigenvalue weighted by Gasteiger charge is 2.15. The smallest absolute Gasteiger partial charge is 0.0702 e. The Morgan fingerprint density at radius 2 is 1.94 bits per heavy atom. The van der Waals surface area contributed by atoms with Crippen LogP contribution >= 0.6 is 38.9 Å². The Kier molecular flexibility index (Phi) is 5.25. The zero-order valence-corrected chi connectivity index (χ0v) is 13.3. The SMILES string of the molecule is CCCNC(c1ccc(Cl)cc1)c1ccc(Br)s1. The highest BCUT2D eigenvalue weighted by Crippen LogP contribution is 2.31. The maximum Gasteiger partial charge on any atom is 0.0702 e. The van der Waals surface area contributed by atoms with Gasteiger partial charge in [0.25, 0.3) is 0 Å². The minimum absolute atomic E-state index is 0.249. The number of benzene rings is 1. The first kappa shape index (κ1) is 14.1. The molecule has 18 heavy (non-hydrogen) atoms. The Hall–Kier alpha value is -0.350. The number of halogens is 2. The molecule has 1 unspecified atom stereocenters. The third-order valence-electron chi connectivity index (χ3n) is 2.68. The van der Waals surface area contributed by atoms with Crippen LogP contribution in [0.2, 0.25) is 5.02 Å². The summed E-state index contributed by atoms with van der Waals surface area (Å²) in [5.41, 5.74) is 1.25. The van der Waals surface area contributed by atoms with Crippen LogP contribution in [0, 0.1) is 0 Å². The van der Waals surface area contributed by atoms with E-state index in [9.17, 15) is 0 Å². The molecule has 2 aromatic rings. The average molecular weight is 345 g/mol. The summed E-state index contributed by atoms with van der Waals surface area (Å²) in [7, 11) is 0. The summed E-state index contributed by atoms with van der Waals surface area (Å²) in [6.07, 6.45) is 1.12. The molecule has 0 saturated heterocycles. The zero-order chi connectivity index (χ0) is 13.0. The third kappa shape index (κ3) is 3.58. The summed E-state index contributed by atoms with van der Waals surface area (Å²) in [6, 6.07) is 12.6. The second-order valence-electron chi connectivity index (χ2n) is 4.08. The van der Waals surface area contributed by atoms with E-state index in [1.54, 1.807) is 11.3 Å². The molecule has 0 bridgehead atoms. The van der Waals surface area contributed by atoms with Gasteiger partial charge in [-0.2, -0.15) is 0 Å². The van der Waals surface area contributed by atoms with Crippen molar-refractivity contribution >= 4 is 38.9 Å². The molecule has 0 aliphatic rings. The summed E-state index contributed by atoms with van der Waals surface area (Å²) in [5.74, 6) is 0. The minimum atomic E-state index is 0.249. The van der Waals surface area contributed by atoms with Gasteiger partial charge in [0.15, 0.2) is 0 Å². The highest BCUT2D eigenvalue weighted by molar-refractivity contribution is 9.11. The van der Waals surface area contributed by atoms with E-state index in [2.05, 4.69) is 52.4 Å². The normalized spacial score (nSPS) is 12.6. The fourth-order valence-corrected chi connectivity index (χ4v) is 3.46. The van der Waals surface area contributed by atoms with E-state index in [1.807, 2.05) is 12.1 Å². The average Bonchev–Trinajstić information content (AvgIpc) is 2.78. The van der Waals surface area contributed by atoms with Crippen LogP contribution in [0.1, 0.15) is 29.8 Å². The van der Waals surface area contributed by atoms with Crippen LogP contribution in [0.5, 0.6) is 0 Å². The van der Waals surface area contributed by atoms with Gasteiger partial charge in [-0.05, 0) is 58.7 Å². The van der Waals surface area contributed by atoms with Gasteiger partial charge < -0.3 is 5.32 Å². The van der Waals surface area contributed by atoms with Crippen molar-refractivity contribution in [2.24, 2.45) is 0 Å². The van der Waals surface area contributed by atoms with E-state index >= 15 is 0 Å². The molecule has 0 radical (unpaired) electrons. The molecule has 0 spiro atoms. The van der Waals surface area contributed by atoms with Gasteiger partial charge in [-0.25, -0.2) is 0 Å². The second kappa shape index (κ2) is 6.71. The maximum atomic E-state index is 5.95. The molecule has 1 N–H and O–H groups in total. The molecule has 0 aliphatic carbocycles. The molecule has 1 atom stereocenters. The molecule has 2 rings (SSSR count). The zero-order valence-electron chi connectivity index (χ0n) is 10.1. The summed E-state index contributed by atoms with van der Waals surface area (Å²) in [4.78, 5) is 1.32. The molecule has 1 aromatic carbocycles. The van der Waals surface area contributed by atoms with Gasteiger partial charge in [-0.1, -0.05) is 30.7 Å². The monoisotopic (exact) mass is 343 g/mol. The van der Waals surface area contributed by atoms with Crippen molar-refractivity contribution in [2.75, 3.05) is 6.54 Å². The van der Waals surface area contributed by atoms with Gasteiger partial charge in [0.1, 0.15) is 0 Å². The van der Waals surface area contributed by atoms with E-state index in [0.717, 1.165) is 21.8 Å². The van der Waals surface area contributed by atoms with Crippen LogP contribution in [0.15, 0.2) is 40.2 Å². The predicted octanol–water partition coefficient (Wildman–Crippen LogP) is 5.25. The lowest BCUT2D eigenvalue weighted by atomic mass is 10.1. The van der Waals surface area contributed by atoms with Crippen LogP contribution in [0.25, 0.3) is 0 Å². The molecular formula is C14H15BrClNS. The lowest BCUT2D eigenvalue weighted by Crippen LogP contribution is -2.22. The quantitative estimate of drug-likeness (QED) is 0.781. The van der Waals surface area contributed by atoms with Crippen molar-refractivity contribution in [3.63, 3.8) is 0 Å². The van der Waals surface area contributed by atoms with Crippen molar-refractivity contribution in [3.8, 4) is 0 Å². The molecule has 0 amide bonds. The lowest BCUT2D eigenvalue weighted by molar-refractivity contribution is 0.606. The van der Waals surface area contributed by atoms with E-state index in [-0.39, 0.29) is 6.04 Å². The molecule has 96 valence electrons. The van der Waals surface area contributed by atoms with Gasteiger partial charge in [0, 0.05) is 9.90 Å². The van der Waals surface area contributed by atoms with Gasteiger partial charge in [-0.15, -0.1) is 11.3 Å². The van der Waals surface area contributed by atoms with Crippen LogP contribution in [0.4, 0.5) is 0 Å². The first-order chi connectivity index (χ1) is 8.70. The van der Waals surface area contributed by atoms with Crippen LogP contribution in [-0.4, -0.2) is 6.54 Å². The van der Waals surface area contributed by atoms with Crippen LogP contribution in [0.3, 0.4) is 0 Å². The van der Waals surface area contributed by atoms with E-state index in [0.29, 0.717) is 0 Å². The Morgan fingerprint density at radius 1 is 1.22 bits per heavy atom. The topological polar surface area (TPSA) is 12.0 Å². The molecule has 0 fully saturated rings.